The number of aryl methyl sites for hydroxylation is 1. The second kappa shape index (κ2) is 5.91. The normalized spacial score (nSPS) is 10.6. The summed E-state index contributed by atoms with van der Waals surface area (Å²) in [6.07, 6.45) is 1.69. The standard InChI is InChI=1S/C12H18N6OS/c1-4-17(2)12-16-10(13)9(20-12)11(19)14-7-8-5-6-15-18(8)3/h5-6H,4,7,13H2,1-3H3,(H,14,19). The lowest BCUT2D eigenvalue weighted by Crippen LogP contribution is -2.24. The molecule has 3 N–H and O–H groups in total. The lowest BCUT2D eigenvalue weighted by atomic mass is 10.4. The molecule has 0 aliphatic carbocycles. The number of nitrogen functional groups attached to an aromatic ring is 1. The summed E-state index contributed by atoms with van der Waals surface area (Å²) in [6, 6.07) is 1.85. The maximum atomic E-state index is 12.1. The molecule has 0 aromatic carbocycles. The average Bonchev–Trinajstić information content (AvgIpc) is 3.01. The van der Waals surface area contributed by atoms with E-state index in [1.807, 2.05) is 32.0 Å². The number of aromatic nitrogens is 3. The summed E-state index contributed by atoms with van der Waals surface area (Å²) >= 11 is 1.30. The van der Waals surface area contributed by atoms with Gasteiger partial charge in [-0.3, -0.25) is 9.48 Å². The van der Waals surface area contributed by atoms with Gasteiger partial charge in [0.2, 0.25) is 0 Å². The predicted octanol–water partition coefficient (Wildman–Crippen LogP) is 0.845. The molecule has 2 aromatic heterocycles. The molecule has 108 valence electrons. The first-order valence-electron chi connectivity index (χ1n) is 6.25. The lowest BCUT2D eigenvalue weighted by Gasteiger charge is -2.10. The van der Waals surface area contributed by atoms with Gasteiger partial charge in [-0.15, -0.1) is 0 Å². The molecule has 7 nitrogen and oxygen atoms in total. The van der Waals surface area contributed by atoms with Crippen molar-refractivity contribution < 1.29 is 4.79 Å². The number of thiazole rings is 1. The van der Waals surface area contributed by atoms with Crippen LogP contribution in [0.2, 0.25) is 0 Å². The largest absolute Gasteiger partial charge is 0.382 e. The fraction of sp³-hybridized carbons (Fsp3) is 0.417. The number of carbonyl (C=O) groups excluding carboxylic acids is 1. The van der Waals surface area contributed by atoms with Crippen molar-refractivity contribution in [3.8, 4) is 0 Å². The van der Waals surface area contributed by atoms with E-state index in [4.69, 9.17) is 5.73 Å². The van der Waals surface area contributed by atoms with Crippen LogP contribution in [0, 0.1) is 0 Å². The van der Waals surface area contributed by atoms with Crippen molar-refractivity contribution in [1.82, 2.24) is 20.1 Å². The second-order valence-electron chi connectivity index (χ2n) is 4.35. The van der Waals surface area contributed by atoms with Crippen LogP contribution in [-0.2, 0) is 13.6 Å². The number of rotatable bonds is 5. The van der Waals surface area contributed by atoms with Crippen molar-refractivity contribution in [2.45, 2.75) is 13.5 Å². The molecule has 0 saturated carbocycles. The minimum absolute atomic E-state index is 0.211. The van der Waals surface area contributed by atoms with Crippen LogP contribution in [0.1, 0.15) is 22.3 Å². The summed E-state index contributed by atoms with van der Waals surface area (Å²) in [7, 11) is 3.74. The molecule has 0 aliphatic rings. The Morgan fingerprint density at radius 3 is 2.95 bits per heavy atom. The van der Waals surface area contributed by atoms with Crippen molar-refractivity contribution in [3.05, 3.63) is 22.8 Å². The molecule has 20 heavy (non-hydrogen) atoms. The van der Waals surface area contributed by atoms with E-state index in [-0.39, 0.29) is 11.7 Å². The van der Waals surface area contributed by atoms with Crippen molar-refractivity contribution in [3.63, 3.8) is 0 Å². The van der Waals surface area contributed by atoms with E-state index in [2.05, 4.69) is 15.4 Å². The maximum Gasteiger partial charge on any atom is 0.265 e. The summed E-state index contributed by atoms with van der Waals surface area (Å²) in [6.45, 7) is 3.23. The Labute approximate surface area is 121 Å². The predicted molar refractivity (Wildman–Crippen MR) is 79.8 cm³/mol. The van der Waals surface area contributed by atoms with Gasteiger partial charge in [0.1, 0.15) is 10.7 Å². The first kappa shape index (κ1) is 14.3. The molecule has 1 amide bonds. The number of nitrogens with two attached hydrogens (primary N) is 1. The van der Waals surface area contributed by atoms with Crippen molar-refractivity contribution in [2.75, 3.05) is 24.2 Å². The molecule has 0 spiro atoms. The molecule has 0 bridgehead atoms. The summed E-state index contributed by atoms with van der Waals surface area (Å²) in [5.74, 6) is 0.0600. The highest BCUT2D eigenvalue weighted by molar-refractivity contribution is 7.18. The third-order valence-electron chi connectivity index (χ3n) is 3.00. The Balaban J connectivity index is 2.06. The summed E-state index contributed by atoms with van der Waals surface area (Å²) in [4.78, 5) is 18.7. The molecule has 2 aromatic rings. The van der Waals surface area contributed by atoms with E-state index in [0.717, 1.165) is 17.4 Å². The van der Waals surface area contributed by atoms with Gasteiger partial charge in [0.25, 0.3) is 5.91 Å². The summed E-state index contributed by atoms with van der Waals surface area (Å²) in [5.41, 5.74) is 6.73. The molecule has 2 rings (SSSR count). The average molecular weight is 294 g/mol. The minimum Gasteiger partial charge on any atom is -0.382 e. The second-order valence-corrected chi connectivity index (χ2v) is 5.33. The fourth-order valence-electron chi connectivity index (χ4n) is 1.61. The topological polar surface area (TPSA) is 89.1 Å². The Bertz CT molecular complexity index is 605. The number of nitrogens with zero attached hydrogens (tertiary/aromatic N) is 4. The van der Waals surface area contributed by atoms with E-state index < -0.39 is 0 Å². The number of hydrogen-bond acceptors (Lipinski definition) is 6. The molecule has 8 heteroatoms. The number of carbonyl (C=O) groups is 1. The molecule has 0 atom stereocenters. The van der Waals surface area contributed by atoms with Crippen LogP contribution >= 0.6 is 11.3 Å². The van der Waals surface area contributed by atoms with Crippen molar-refractivity contribution >= 4 is 28.2 Å². The van der Waals surface area contributed by atoms with Crippen LogP contribution in [0.3, 0.4) is 0 Å². The zero-order valence-corrected chi connectivity index (χ0v) is 12.6. The van der Waals surface area contributed by atoms with Gasteiger partial charge in [-0.2, -0.15) is 5.10 Å². The van der Waals surface area contributed by atoms with Crippen molar-refractivity contribution in [2.24, 2.45) is 7.05 Å². The molecule has 0 unspecified atom stereocenters. The van der Waals surface area contributed by atoms with E-state index in [1.165, 1.54) is 11.3 Å². The van der Waals surface area contributed by atoms with Crippen LogP contribution < -0.4 is 16.0 Å². The quantitative estimate of drug-likeness (QED) is 0.853. The highest BCUT2D eigenvalue weighted by Gasteiger charge is 2.17. The van der Waals surface area contributed by atoms with Gasteiger partial charge in [0.05, 0.1) is 12.2 Å². The first-order chi connectivity index (χ1) is 9.52. The van der Waals surface area contributed by atoms with E-state index in [1.54, 1.807) is 10.9 Å². The SMILES string of the molecule is CCN(C)c1nc(N)c(C(=O)NCc2ccnn2C)s1. The van der Waals surface area contributed by atoms with Crippen LogP contribution in [0.4, 0.5) is 10.9 Å². The summed E-state index contributed by atoms with van der Waals surface area (Å²) < 4.78 is 1.71. The number of amides is 1. The highest BCUT2D eigenvalue weighted by Crippen LogP contribution is 2.27. The highest BCUT2D eigenvalue weighted by atomic mass is 32.1. The van der Waals surface area contributed by atoms with Crippen LogP contribution in [0.5, 0.6) is 0 Å². The molecule has 2 heterocycles. The van der Waals surface area contributed by atoms with Gasteiger partial charge >= 0.3 is 0 Å². The van der Waals surface area contributed by atoms with E-state index >= 15 is 0 Å². The van der Waals surface area contributed by atoms with Crippen LogP contribution in [0.15, 0.2) is 12.3 Å². The van der Waals surface area contributed by atoms with Gasteiger partial charge in [0, 0.05) is 26.8 Å². The van der Waals surface area contributed by atoms with Gasteiger partial charge in [0.15, 0.2) is 5.13 Å². The number of hydrogen-bond donors (Lipinski definition) is 2. The van der Waals surface area contributed by atoms with Gasteiger partial charge < -0.3 is 16.0 Å². The Hall–Kier alpha value is -2.09. The van der Waals surface area contributed by atoms with Crippen LogP contribution in [0.25, 0.3) is 0 Å². The molecule has 0 fully saturated rings. The third-order valence-corrected chi connectivity index (χ3v) is 4.19. The van der Waals surface area contributed by atoms with Crippen LogP contribution in [-0.4, -0.2) is 34.3 Å². The third kappa shape index (κ3) is 2.90. The Morgan fingerprint density at radius 1 is 1.60 bits per heavy atom. The number of nitrogens with one attached hydrogen (secondary N) is 1. The van der Waals surface area contributed by atoms with Crippen molar-refractivity contribution in [1.29, 1.82) is 0 Å². The van der Waals surface area contributed by atoms with Gasteiger partial charge in [-0.05, 0) is 13.0 Å². The summed E-state index contributed by atoms with van der Waals surface area (Å²) in [5, 5.41) is 7.62. The van der Waals surface area contributed by atoms with E-state index in [9.17, 15) is 4.79 Å². The van der Waals surface area contributed by atoms with Gasteiger partial charge in [-0.1, -0.05) is 11.3 Å². The first-order valence-corrected chi connectivity index (χ1v) is 7.07. The molecule has 0 radical (unpaired) electrons. The Kier molecular flexibility index (Phi) is 4.23. The fourth-order valence-corrected chi connectivity index (χ4v) is 2.53. The monoisotopic (exact) mass is 294 g/mol. The smallest absolute Gasteiger partial charge is 0.265 e. The molecule has 0 aliphatic heterocycles. The Morgan fingerprint density at radius 2 is 2.35 bits per heavy atom. The zero-order valence-electron chi connectivity index (χ0n) is 11.8. The number of anilines is 2. The molecular weight excluding hydrogens is 276 g/mol. The molecule has 0 saturated heterocycles. The maximum absolute atomic E-state index is 12.1. The lowest BCUT2D eigenvalue weighted by molar-refractivity contribution is 0.0955. The molecular formula is C12H18N6OS. The van der Waals surface area contributed by atoms with Gasteiger partial charge in [-0.25, -0.2) is 4.98 Å². The minimum atomic E-state index is -0.211. The van der Waals surface area contributed by atoms with E-state index in [0.29, 0.717) is 11.4 Å². The zero-order chi connectivity index (χ0) is 14.7.